The largest absolute Gasteiger partial charge is 0.384 e. The molecule has 1 aromatic rings. The number of unbranched alkanes of at least 4 members (excludes halogenated alkanes) is 4. The van der Waals surface area contributed by atoms with E-state index in [-0.39, 0.29) is 0 Å². The molecule has 0 fully saturated rings. The summed E-state index contributed by atoms with van der Waals surface area (Å²) in [6.07, 6.45) is 7.83. The summed E-state index contributed by atoms with van der Waals surface area (Å²) in [4.78, 5) is 2.59. The first kappa shape index (κ1) is 18.5. The molecule has 0 aromatic heterocycles. The van der Waals surface area contributed by atoms with E-state index in [0.717, 1.165) is 18.8 Å². The van der Waals surface area contributed by atoms with Gasteiger partial charge in [-0.3, -0.25) is 0 Å². The zero-order valence-electron chi connectivity index (χ0n) is 14.3. The maximum atomic E-state index is 8.81. The molecule has 0 atom stereocenters. The molecule has 0 aliphatic carbocycles. The minimum absolute atomic E-state index is 0.714. The number of nitriles is 1. The predicted octanol–water partition coefficient (Wildman–Crippen LogP) is 4.65. The second-order valence-electron chi connectivity index (χ2n) is 5.87. The van der Waals surface area contributed by atoms with Gasteiger partial charge in [-0.05, 0) is 50.2 Å². The highest BCUT2D eigenvalue weighted by molar-refractivity contribution is 5.47. The molecule has 3 nitrogen and oxygen atoms in total. The van der Waals surface area contributed by atoms with Crippen molar-refractivity contribution in [3.8, 4) is 6.07 Å². The van der Waals surface area contributed by atoms with Crippen molar-refractivity contribution in [1.29, 1.82) is 5.26 Å². The van der Waals surface area contributed by atoms with Crippen LogP contribution in [0.4, 0.5) is 5.69 Å². The van der Waals surface area contributed by atoms with Crippen molar-refractivity contribution in [1.82, 2.24) is 4.90 Å². The molecular formula is C19H31N3. The number of nitrogens with zero attached hydrogens (tertiary/aromatic N) is 2. The lowest BCUT2D eigenvalue weighted by atomic mass is 10.2. The van der Waals surface area contributed by atoms with Crippen molar-refractivity contribution in [2.24, 2.45) is 0 Å². The SMILES string of the molecule is CCCCCN(CCCCC)CCNc1ccc(C#N)cc1. The van der Waals surface area contributed by atoms with E-state index in [1.54, 1.807) is 0 Å². The molecule has 0 heterocycles. The van der Waals surface area contributed by atoms with Gasteiger partial charge in [-0.2, -0.15) is 5.26 Å². The molecule has 22 heavy (non-hydrogen) atoms. The number of anilines is 1. The van der Waals surface area contributed by atoms with Crippen LogP contribution in [0, 0.1) is 11.3 Å². The summed E-state index contributed by atoms with van der Waals surface area (Å²) in [6, 6.07) is 9.84. The van der Waals surface area contributed by atoms with E-state index < -0.39 is 0 Å². The van der Waals surface area contributed by atoms with Gasteiger partial charge in [0.2, 0.25) is 0 Å². The van der Waals surface area contributed by atoms with Gasteiger partial charge in [0, 0.05) is 18.8 Å². The van der Waals surface area contributed by atoms with Crippen molar-refractivity contribution in [3.05, 3.63) is 29.8 Å². The van der Waals surface area contributed by atoms with Crippen LogP contribution in [-0.4, -0.2) is 31.1 Å². The minimum Gasteiger partial charge on any atom is -0.384 e. The Labute approximate surface area is 136 Å². The molecule has 0 spiro atoms. The van der Waals surface area contributed by atoms with Gasteiger partial charge in [0.25, 0.3) is 0 Å². The Balaban J connectivity index is 2.31. The van der Waals surface area contributed by atoms with Gasteiger partial charge >= 0.3 is 0 Å². The fourth-order valence-electron chi connectivity index (χ4n) is 2.53. The van der Waals surface area contributed by atoms with Crippen molar-refractivity contribution < 1.29 is 0 Å². The monoisotopic (exact) mass is 301 g/mol. The summed E-state index contributed by atoms with van der Waals surface area (Å²) >= 11 is 0. The van der Waals surface area contributed by atoms with Crippen molar-refractivity contribution >= 4 is 5.69 Å². The fourth-order valence-corrected chi connectivity index (χ4v) is 2.53. The summed E-state index contributed by atoms with van der Waals surface area (Å²) in [5.74, 6) is 0. The van der Waals surface area contributed by atoms with Crippen LogP contribution in [0.3, 0.4) is 0 Å². The van der Waals surface area contributed by atoms with Crippen LogP contribution in [-0.2, 0) is 0 Å². The molecule has 3 heteroatoms. The number of rotatable bonds is 12. The first-order valence-corrected chi connectivity index (χ1v) is 8.76. The minimum atomic E-state index is 0.714. The van der Waals surface area contributed by atoms with Crippen LogP contribution in [0.25, 0.3) is 0 Å². The van der Waals surface area contributed by atoms with Crippen LogP contribution in [0.5, 0.6) is 0 Å². The third-order valence-corrected chi connectivity index (χ3v) is 3.93. The second-order valence-corrected chi connectivity index (χ2v) is 5.87. The fraction of sp³-hybridized carbons (Fsp3) is 0.632. The Morgan fingerprint density at radius 2 is 1.50 bits per heavy atom. The van der Waals surface area contributed by atoms with Crippen LogP contribution >= 0.6 is 0 Å². The summed E-state index contributed by atoms with van der Waals surface area (Å²) < 4.78 is 0. The molecule has 0 aliphatic heterocycles. The molecule has 1 aromatic carbocycles. The Kier molecular flexibility index (Phi) is 10.1. The second kappa shape index (κ2) is 12.1. The molecule has 1 rings (SSSR count). The third kappa shape index (κ3) is 8.05. The molecular weight excluding hydrogens is 270 g/mol. The zero-order chi connectivity index (χ0) is 16.0. The molecule has 0 aliphatic rings. The smallest absolute Gasteiger partial charge is 0.0991 e. The molecule has 0 saturated heterocycles. The number of nitrogens with one attached hydrogen (secondary N) is 1. The van der Waals surface area contributed by atoms with E-state index in [4.69, 9.17) is 5.26 Å². The lowest BCUT2D eigenvalue weighted by molar-refractivity contribution is 0.271. The van der Waals surface area contributed by atoms with Crippen LogP contribution in [0.15, 0.2) is 24.3 Å². The first-order valence-electron chi connectivity index (χ1n) is 8.76. The Morgan fingerprint density at radius 1 is 0.909 bits per heavy atom. The van der Waals surface area contributed by atoms with Crippen LogP contribution in [0.1, 0.15) is 57.9 Å². The van der Waals surface area contributed by atoms with E-state index in [2.05, 4.69) is 30.1 Å². The number of hydrogen-bond acceptors (Lipinski definition) is 3. The quantitative estimate of drug-likeness (QED) is 0.571. The highest BCUT2D eigenvalue weighted by atomic mass is 15.1. The van der Waals surface area contributed by atoms with Crippen molar-refractivity contribution in [2.75, 3.05) is 31.5 Å². The van der Waals surface area contributed by atoms with E-state index >= 15 is 0 Å². The lowest BCUT2D eigenvalue weighted by Gasteiger charge is -2.22. The number of hydrogen-bond donors (Lipinski definition) is 1. The molecule has 0 amide bonds. The van der Waals surface area contributed by atoms with Gasteiger partial charge in [0.15, 0.2) is 0 Å². The Bertz CT molecular complexity index is 409. The van der Waals surface area contributed by atoms with Gasteiger partial charge in [0.1, 0.15) is 0 Å². The van der Waals surface area contributed by atoms with Gasteiger partial charge in [-0.1, -0.05) is 39.5 Å². The predicted molar refractivity (Wildman–Crippen MR) is 95.1 cm³/mol. The standard InChI is InChI=1S/C19H31N3/c1-3-5-7-14-22(15-8-6-4-2)16-13-21-19-11-9-18(17-20)10-12-19/h9-12,21H,3-8,13-16H2,1-2H3. The van der Waals surface area contributed by atoms with E-state index in [1.165, 1.54) is 51.6 Å². The topological polar surface area (TPSA) is 39.1 Å². The van der Waals surface area contributed by atoms with Crippen LogP contribution in [0.2, 0.25) is 0 Å². The number of benzene rings is 1. The zero-order valence-corrected chi connectivity index (χ0v) is 14.3. The van der Waals surface area contributed by atoms with Gasteiger partial charge in [-0.25, -0.2) is 0 Å². The average molecular weight is 301 g/mol. The maximum Gasteiger partial charge on any atom is 0.0991 e. The molecule has 1 N–H and O–H groups in total. The Hall–Kier alpha value is -1.53. The van der Waals surface area contributed by atoms with Crippen molar-refractivity contribution in [2.45, 2.75) is 52.4 Å². The Morgan fingerprint density at radius 3 is 2.00 bits per heavy atom. The maximum absolute atomic E-state index is 8.81. The summed E-state index contributed by atoms with van der Waals surface area (Å²) in [5.41, 5.74) is 1.81. The highest BCUT2D eigenvalue weighted by Gasteiger charge is 2.04. The average Bonchev–Trinajstić information content (AvgIpc) is 2.55. The molecule has 0 bridgehead atoms. The van der Waals surface area contributed by atoms with E-state index in [0.29, 0.717) is 5.56 Å². The van der Waals surface area contributed by atoms with Crippen molar-refractivity contribution in [3.63, 3.8) is 0 Å². The van der Waals surface area contributed by atoms with Gasteiger partial charge in [0.05, 0.1) is 11.6 Å². The van der Waals surface area contributed by atoms with Gasteiger partial charge < -0.3 is 10.2 Å². The molecule has 122 valence electrons. The molecule has 0 unspecified atom stereocenters. The normalized spacial score (nSPS) is 10.6. The van der Waals surface area contributed by atoms with Crippen LogP contribution < -0.4 is 5.32 Å². The molecule has 0 saturated carbocycles. The summed E-state index contributed by atoms with van der Waals surface area (Å²) in [6.45, 7) is 9.00. The summed E-state index contributed by atoms with van der Waals surface area (Å²) in [7, 11) is 0. The first-order chi connectivity index (χ1) is 10.8. The molecule has 0 radical (unpaired) electrons. The summed E-state index contributed by atoms with van der Waals surface area (Å²) in [5, 5.41) is 12.3. The van der Waals surface area contributed by atoms with Gasteiger partial charge in [-0.15, -0.1) is 0 Å². The van der Waals surface area contributed by atoms with E-state index in [1.807, 2.05) is 24.3 Å². The third-order valence-electron chi connectivity index (χ3n) is 3.93. The highest BCUT2D eigenvalue weighted by Crippen LogP contribution is 2.09. The lowest BCUT2D eigenvalue weighted by Crippen LogP contribution is -2.31. The van der Waals surface area contributed by atoms with E-state index in [9.17, 15) is 0 Å².